The van der Waals surface area contributed by atoms with Crippen LogP contribution in [0.2, 0.25) is 0 Å². The molecule has 0 saturated heterocycles. The van der Waals surface area contributed by atoms with Crippen molar-refractivity contribution < 1.29 is 19.0 Å². The number of amides is 1. The molecule has 27 heavy (non-hydrogen) atoms. The van der Waals surface area contributed by atoms with E-state index in [9.17, 15) is 4.79 Å². The summed E-state index contributed by atoms with van der Waals surface area (Å²) in [7, 11) is 3.13. The Labute approximate surface area is 169 Å². The van der Waals surface area contributed by atoms with Crippen molar-refractivity contribution in [2.45, 2.75) is 32.6 Å². The molecule has 0 aliphatic rings. The molecule has 1 N–H and O–H groups in total. The zero-order valence-electron chi connectivity index (χ0n) is 16.0. The lowest BCUT2D eigenvalue weighted by atomic mass is 10.2. The van der Waals surface area contributed by atoms with Crippen LogP contribution in [0.25, 0.3) is 0 Å². The molecule has 0 bridgehead atoms. The topological polar surface area (TPSA) is 56.8 Å². The van der Waals surface area contributed by atoms with E-state index in [0.717, 1.165) is 23.1 Å². The van der Waals surface area contributed by atoms with Crippen molar-refractivity contribution in [3.05, 3.63) is 46.4 Å². The fraction of sp³-hybridized carbons (Fsp3) is 0.381. The van der Waals surface area contributed by atoms with Crippen LogP contribution >= 0.6 is 15.9 Å². The van der Waals surface area contributed by atoms with Crippen molar-refractivity contribution >= 4 is 27.5 Å². The van der Waals surface area contributed by atoms with Crippen LogP contribution in [0.3, 0.4) is 0 Å². The molecule has 0 aromatic heterocycles. The number of rotatable bonds is 10. The van der Waals surface area contributed by atoms with Gasteiger partial charge in [-0.2, -0.15) is 0 Å². The number of halogens is 1. The van der Waals surface area contributed by atoms with Gasteiger partial charge in [0, 0.05) is 11.6 Å². The Balaban J connectivity index is 2.04. The second-order valence-electron chi connectivity index (χ2n) is 6.07. The van der Waals surface area contributed by atoms with Gasteiger partial charge in [-0.1, -0.05) is 26.2 Å². The van der Waals surface area contributed by atoms with Gasteiger partial charge in [0.1, 0.15) is 17.2 Å². The zero-order chi connectivity index (χ0) is 19.6. The number of hydrogen-bond donors (Lipinski definition) is 1. The summed E-state index contributed by atoms with van der Waals surface area (Å²) >= 11 is 3.48. The lowest BCUT2D eigenvalue weighted by Crippen LogP contribution is -2.13. The summed E-state index contributed by atoms with van der Waals surface area (Å²) in [5, 5.41) is 2.86. The van der Waals surface area contributed by atoms with E-state index < -0.39 is 0 Å². The Morgan fingerprint density at radius 2 is 1.78 bits per heavy atom. The highest BCUT2D eigenvalue weighted by Crippen LogP contribution is 2.30. The molecule has 0 spiro atoms. The van der Waals surface area contributed by atoms with Crippen LogP contribution in [0.15, 0.2) is 40.9 Å². The van der Waals surface area contributed by atoms with Crippen LogP contribution in [0.4, 0.5) is 5.69 Å². The van der Waals surface area contributed by atoms with Crippen LogP contribution in [-0.2, 0) is 0 Å². The van der Waals surface area contributed by atoms with Gasteiger partial charge in [-0.15, -0.1) is 0 Å². The van der Waals surface area contributed by atoms with Crippen LogP contribution in [-0.4, -0.2) is 26.7 Å². The molecule has 0 fully saturated rings. The van der Waals surface area contributed by atoms with Crippen LogP contribution in [0, 0.1) is 0 Å². The van der Waals surface area contributed by atoms with E-state index in [-0.39, 0.29) is 5.91 Å². The number of nitrogens with one attached hydrogen (secondary N) is 1. The number of carbonyl (C=O) groups excluding carboxylic acids is 1. The molecule has 0 radical (unpaired) electrons. The first-order valence-electron chi connectivity index (χ1n) is 9.04. The molecule has 2 aromatic rings. The highest BCUT2D eigenvalue weighted by atomic mass is 79.9. The summed E-state index contributed by atoms with van der Waals surface area (Å²) in [4.78, 5) is 12.6. The van der Waals surface area contributed by atoms with Crippen LogP contribution < -0.4 is 19.5 Å². The Kier molecular flexibility index (Phi) is 8.45. The monoisotopic (exact) mass is 435 g/mol. The van der Waals surface area contributed by atoms with Gasteiger partial charge in [0.25, 0.3) is 5.91 Å². The third-order valence-corrected chi connectivity index (χ3v) is 4.72. The van der Waals surface area contributed by atoms with E-state index in [1.165, 1.54) is 12.8 Å². The summed E-state index contributed by atoms with van der Waals surface area (Å²) in [5.41, 5.74) is 1.07. The molecule has 6 heteroatoms. The smallest absolute Gasteiger partial charge is 0.255 e. The lowest BCUT2D eigenvalue weighted by Gasteiger charge is -2.13. The average Bonchev–Trinajstić information content (AvgIpc) is 2.68. The summed E-state index contributed by atoms with van der Waals surface area (Å²) in [5.74, 6) is 1.70. The van der Waals surface area contributed by atoms with Gasteiger partial charge in [-0.25, -0.2) is 0 Å². The van der Waals surface area contributed by atoms with E-state index in [4.69, 9.17) is 14.2 Å². The number of anilines is 1. The molecule has 5 nitrogen and oxygen atoms in total. The second-order valence-corrected chi connectivity index (χ2v) is 6.93. The first-order valence-corrected chi connectivity index (χ1v) is 9.84. The van der Waals surface area contributed by atoms with Crippen molar-refractivity contribution in [2.24, 2.45) is 0 Å². The fourth-order valence-electron chi connectivity index (χ4n) is 2.58. The summed E-state index contributed by atoms with van der Waals surface area (Å²) in [6.07, 6.45) is 4.61. The standard InChI is InChI=1S/C21H26BrNO4/c1-4-5-6-7-12-27-19-10-8-15(13-17(19)22)21(24)23-18-14-16(25-2)9-11-20(18)26-3/h8-11,13-14H,4-7,12H2,1-3H3,(H,23,24). The van der Waals surface area contributed by atoms with Gasteiger partial charge in [0.05, 0.1) is 31.0 Å². The largest absolute Gasteiger partial charge is 0.497 e. The van der Waals surface area contributed by atoms with Crippen molar-refractivity contribution in [1.29, 1.82) is 0 Å². The van der Waals surface area contributed by atoms with Crippen molar-refractivity contribution in [2.75, 3.05) is 26.1 Å². The molecule has 0 aliphatic carbocycles. The Bertz CT molecular complexity index is 764. The minimum absolute atomic E-state index is 0.239. The van der Waals surface area contributed by atoms with Crippen molar-refractivity contribution in [3.63, 3.8) is 0 Å². The Morgan fingerprint density at radius 1 is 1.00 bits per heavy atom. The minimum Gasteiger partial charge on any atom is -0.497 e. The third kappa shape index (κ3) is 6.17. The average molecular weight is 436 g/mol. The van der Waals surface area contributed by atoms with Gasteiger partial charge >= 0.3 is 0 Å². The Morgan fingerprint density at radius 3 is 2.44 bits per heavy atom. The number of methoxy groups -OCH3 is 2. The third-order valence-electron chi connectivity index (χ3n) is 4.10. The zero-order valence-corrected chi connectivity index (χ0v) is 17.6. The molecule has 2 rings (SSSR count). The SMILES string of the molecule is CCCCCCOc1ccc(C(=O)Nc2cc(OC)ccc2OC)cc1Br. The molecule has 0 saturated carbocycles. The van der Waals surface area contributed by atoms with E-state index in [2.05, 4.69) is 28.2 Å². The predicted octanol–water partition coefficient (Wildman–Crippen LogP) is 5.68. The molecular weight excluding hydrogens is 410 g/mol. The number of unbranched alkanes of at least 4 members (excludes halogenated alkanes) is 3. The first kappa shape index (κ1) is 21.1. The minimum atomic E-state index is -0.239. The van der Waals surface area contributed by atoms with Crippen molar-refractivity contribution in [1.82, 2.24) is 0 Å². The van der Waals surface area contributed by atoms with Crippen LogP contribution in [0.1, 0.15) is 43.0 Å². The quantitative estimate of drug-likeness (QED) is 0.487. The van der Waals surface area contributed by atoms with Crippen LogP contribution in [0.5, 0.6) is 17.2 Å². The fourth-order valence-corrected chi connectivity index (χ4v) is 3.07. The van der Waals surface area contributed by atoms with E-state index in [1.807, 2.05) is 6.07 Å². The maximum absolute atomic E-state index is 12.6. The second kappa shape index (κ2) is 10.8. The van der Waals surface area contributed by atoms with E-state index >= 15 is 0 Å². The van der Waals surface area contributed by atoms with E-state index in [1.54, 1.807) is 44.6 Å². The Hall–Kier alpha value is -2.21. The highest BCUT2D eigenvalue weighted by molar-refractivity contribution is 9.10. The number of carbonyl (C=O) groups is 1. The van der Waals surface area contributed by atoms with Gasteiger partial charge in [0.2, 0.25) is 0 Å². The van der Waals surface area contributed by atoms with E-state index in [0.29, 0.717) is 29.4 Å². The first-order chi connectivity index (χ1) is 13.1. The summed E-state index contributed by atoms with van der Waals surface area (Å²) < 4.78 is 17.0. The molecular formula is C21H26BrNO4. The van der Waals surface area contributed by atoms with Gasteiger partial charge < -0.3 is 19.5 Å². The lowest BCUT2D eigenvalue weighted by molar-refractivity contribution is 0.102. The molecule has 1 amide bonds. The summed E-state index contributed by atoms with van der Waals surface area (Å²) in [6.45, 7) is 2.85. The maximum atomic E-state index is 12.6. The number of ether oxygens (including phenoxy) is 3. The molecule has 0 heterocycles. The summed E-state index contributed by atoms with van der Waals surface area (Å²) in [6, 6.07) is 10.6. The highest BCUT2D eigenvalue weighted by Gasteiger charge is 2.13. The van der Waals surface area contributed by atoms with Gasteiger partial charge in [0.15, 0.2) is 0 Å². The number of benzene rings is 2. The molecule has 0 unspecified atom stereocenters. The van der Waals surface area contributed by atoms with Gasteiger partial charge in [-0.05, 0) is 52.7 Å². The van der Waals surface area contributed by atoms with Crippen molar-refractivity contribution in [3.8, 4) is 17.2 Å². The molecule has 0 atom stereocenters. The predicted molar refractivity (Wildman–Crippen MR) is 111 cm³/mol. The molecule has 0 aliphatic heterocycles. The molecule has 2 aromatic carbocycles. The molecule has 146 valence electrons. The number of hydrogen-bond acceptors (Lipinski definition) is 4. The van der Waals surface area contributed by atoms with Gasteiger partial charge in [-0.3, -0.25) is 4.79 Å². The normalized spacial score (nSPS) is 10.4. The maximum Gasteiger partial charge on any atom is 0.255 e.